The summed E-state index contributed by atoms with van der Waals surface area (Å²) in [5.41, 5.74) is 0.545. The SMILES string of the molecule is O=C(Nc1ccc(S(=O)(=O)Nc2cccc(Cl)c2Cl)cc1)[C@@H]1CCCN(S(=O)(=O)c2cccs2)C1. The van der Waals surface area contributed by atoms with Crippen LogP contribution >= 0.6 is 34.5 Å². The maximum absolute atomic E-state index is 12.8. The average Bonchev–Trinajstić information content (AvgIpc) is 3.38. The van der Waals surface area contributed by atoms with Gasteiger partial charge >= 0.3 is 0 Å². The van der Waals surface area contributed by atoms with Gasteiger partial charge in [-0.2, -0.15) is 4.31 Å². The maximum Gasteiger partial charge on any atom is 0.261 e. The molecule has 0 aliphatic carbocycles. The number of nitrogens with one attached hydrogen (secondary N) is 2. The average molecular weight is 575 g/mol. The van der Waals surface area contributed by atoms with E-state index < -0.39 is 26.0 Å². The van der Waals surface area contributed by atoms with Crippen LogP contribution in [0.25, 0.3) is 0 Å². The summed E-state index contributed by atoms with van der Waals surface area (Å²) in [6.45, 7) is 0.447. The quantitative estimate of drug-likeness (QED) is 0.417. The van der Waals surface area contributed by atoms with Crippen LogP contribution in [0.1, 0.15) is 12.8 Å². The second kappa shape index (κ2) is 10.5. The van der Waals surface area contributed by atoms with Crippen molar-refractivity contribution < 1.29 is 21.6 Å². The molecule has 8 nitrogen and oxygen atoms in total. The number of carbonyl (C=O) groups excluding carboxylic acids is 1. The lowest BCUT2D eigenvalue weighted by molar-refractivity contribution is -0.120. The molecule has 0 bridgehead atoms. The molecule has 4 rings (SSSR count). The fourth-order valence-electron chi connectivity index (χ4n) is 3.66. The highest BCUT2D eigenvalue weighted by molar-refractivity contribution is 7.92. The number of piperidine rings is 1. The summed E-state index contributed by atoms with van der Waals surface area (Å²) in [5.74, 6) is -0.843. The van der Waals surface area contributed by atoms with E-state index in [0.29, 0.717) is 25.1 Å². The van der Waals surface area contributed by atoms with Crippen LogP contribution in [0.4, 0.5) is 11.4 Å². The zero-order valence-electron chi connectivity index (χ0n) is 18.1. The number of halogens is 2. The van der Waals surface area contributed by atoms with E-state index in [1.165, 1.54) is 34.6 Å². The Morgan fingerprint density at radius 1 is 1.00 bits per heavy atom. The van der Waals surface area contributed by atoms with Gasteiger partial charge in [-0.05, 0) is 60.7 Å². The van der Waals surface area contributed by atoms with Crippen LogP contribution in [0.5, 0.6) is 0 Å². The third-order valence-electron chi connectivity index (χ3n) is 5.47. The third kappa shape index (κ3) is 5.82. The van der Waals surface area contributed by atoms with Gasteiger partial charge in [0.25, 0.3) is 20.0 Å². The Balaban J connectivity index is 1.42. The van der Waals surface area contributed by atoms with Crippen LogP contribution in [-0.4, -0.2) is 40.1 Å². The predicted octanol–water partition coefficient (Wildman–Crippen LogP) is 4.90. The first-order valence-corrected chi connectivity index (χ1v) is 15.1. The second-order valence-corrected chi connectivity index (χ2v) is 13.4. The number of rotatable bonds is 7. The zero-order valence-corrected chi connectivity index (χ0v) is 22.1. The lowest BCUT2D eigenvalue weighted by Gasteiger charge is -2.30. The van der Waals surface area contributed by atoms with Crippen LogP contribution in [0.15, 0.2) is 69.1 Å². The fraction of sp³-hybridized carbons (Fsp3) is 0.227. The van der Waals surface area contributed by atoms with Crippen molar-refractivity contribution in [2.45, 2.75) is 21.9 Å². The van der Waals surface area contributed by atoms with Gasteiger partial charge in [0.05, 0.1) is 26.5 Å². The number of amides is 1. The molecular weight excluding hydrogens is 553 g/mol. The summed E-state index contributed by atoms with van der Waals surface area (Å²) in [7, 11) is -7.57. The lowest BCUT2D eigenvalue weighted by Crippen LogP contribution is -2.43. The molecule has 0 spiro atoms. The van der Waals surface area contributed by atoms with E-state index >= 15 is 0 Å². The summed E-state index contributed by atoms with van der Waals surface area (Å²) in [6, 6.07) is 13.5. The number of carbonyl (C=O) groups is 1. The van der Waals surface area contributed by atoms with Crippen LogP contribution in [-0.2, 0) is 24.8 Å². The summed E-state index contributed by atoms with van der Waals surface area (Å²) >= 11 is 13.1. The molecule has 1 aromatic heterocycles. The van der Waals surface area contributed by atoms with Gasteiger partial charge in [-0.1, -0.05) is 35.3 Å². The molecule has 0 saturated carbocycles. The van der Waals surface area contributed by atoms with Gasteiger partial charge < -0.3 is 5.32 Å². The summed E-state index contributed by atoms with van der Waals surface area (Å²) < 4.78 is 55.0. The monoisotopic (exact) mass is 573 g/mol. The first-order chi connectivity index (χ1) is 16.6. The molecule has 186 valence electrons. The van der Waals surface area contributed by atoms with E-state index in [2.05, 4.69) is 10.0 Å². The number of anilines is 2. The van der Waals surface area contributed by atoms with E-state index in [-0.39, 0.29) is 37.3 Å². The third-order valence-corrected chi connectivity index (χ3v) is 10.9. The minimum atomic E-state index is -3.94. The van der Waals surface area contributed by atoms with Gasteiger partial charge in [-0.15, -0.1) is 11.3 Å². The molecule has 0 unspecified atom stereocenters. The van der Waals surface area contributed by atoms with E-state index in [4.69, 9.17) is 23.2 Å². The van der Waals surface area contributed by atoms with E-state index in [1.807, 2.05) is 0 Å². The summed E-state index contributed by atoms with van der Waals surface area (Å²) in [6.07, 6.45) is 1.12. The molecule has 2 aromatic carbocycles. The topological polar surface area (TPSA) is 113 Å². The summed E-state index contributed by atoms with van der Waals surface area (Å²) in [5, 5.41) is 4.75. The molecule has 1 amide bonds. The van der Waals surface area contributed by atoms with Crippen LogP contribution in [0.3, 0.4) is 0 Å². The van der Waals surface area contributed by atoms with Crippen molar-refractivity contribution in [3.63, 3.8) is 0 Å². The number of hydrogen-bond acceptors (Lipinski definition) is 6. The van der Waals surface area contributed by atoms with Crippen molar-refractivity contribution >= 4 is 71.9 Å². The molecule has 1 saturated heterocycles. The Labute approximate surface area is 218 Å². The van der Waals surface area contributed by atoms with Gasteiger partial charge in [0.15, 0.2) is 0 Å². The lowest BCUT2D eigenvalue weighted by atomic mass is 9.99. The highest BCUT2D eigenvalue weighted by Gasteiger charge is 2.33. The molecule has 3 aromatic rings. The first-order valence-electron chi connectivity index (χ1n) is 10.5. The Hall–Kier alpha value is -2.15. The van der Waals surface area contributed by atoms with Gasteiger partial charge in [0, 0.05) is 18.8 Å². The van der Waals surface area contributed by atoms with Crippen molar-refractivity contribution in [2.75, 3.05) is 23.1 Å². The van der Waals surface area contributed by atoms with E-state index in [0.717, 1.165) is 11.3 Å². The first kappa shape index (κ1) is 25.9. The van der Waals surface area contributed by atoms with Crippen molar-refractivity contribution in [2.24, 2.45) is 5.92 Å². The van der Waals surface area contributed by atoms with Crippen LogP contribution < -0.4 is 10.0 Å². The standard InChI is InChI=1S/C22H21Cl2N3O5S3/c23-18-5-1-6-19(21(18)24)26-34(29,30)17-10-8-16(9-11-17)25-22(28)15-4-2-12-27(14-15)35(31,32)20-7-3-13-33-20/h1,3,5-11,13,15,26H,2,4,12,14H2,(H,25,28)/t15-/m1/s1. The minimum Gasteiger partial charge on any atom is -0.326 e. The number of nitrogens with zero attached hydrogens (tertiary/aromatic N) is 1. The highest BCUT2D eigenvalue weighted by atomic mass is 35.5. The van der Waals surface area contributed by atoms with Gasteiger partial charge in [0.1, 0.15) is 4.21 Å². The Bertz CT molecular complexity index is 1430. The number of benzene rings is 2. The molecular formula is C22H21Cl2N3O5S3. The number of thiophene rings is 1. The number of hydrogen-bond donors (Lipinski definition) is 2. The number of sulfonamides is 2. The largest absolute Gasteiger partial charge is 0.326 e. The molecule has 2 heterocycles. The van der Waals surface area contributed by atoms with Crippen molar-refractivity contribution in [1.29, 1.82) is 0 Å². The predicted molar refractivity (Wildman–Crippen MR) is 138 cm³/mol. The van der Waals surface area contributed by atoms with Gasteiger partial charge in [-0.25, -0.2) is 16.8 Å². The molecule has 1 aliphatic rings. The smallest absolute Gasteiger partial charge is 0.261 e. The van der Waals surface area contributed by atoms with Crippen LogP contribution in [0.2, 0.25) is 10.0 Å². The molecule has 13 heteroatoms. The van der Waals surface area contributed by atoms with E-state index in [1.54, 1.807) is 29.6 Å². The zero-order chi connectivity index (χ0) is 25.2. The van der Waals surface area contributed by atoms with Crippen LogP contribution in [0, 0.1) is 5.92 Å². The summed E-state index contributed by atoms with van der Waals surface area (Å²) in [4.78, 5) is 12.8. The fourth-order valence-corrected chi connectivity index (χ4v) is 7.80. The molecule has 0 radical (unpaired) electrons. The minimum absolute atomic E-state index is 0.0302. The van der Waals surface area contributed by atoms with Crippen molar-refractivity contribution in [3.8, 4) is 0 Å². The Morgan fingerprint density at radius 2 is 1.74 bits per heavy atom. The second-order valence-electron chi connectivity index (χ2n) is 7.85. The van der Waals surface area contributed by atoms with Crippen molar-refractivity contribution in [3.05, 3.63) is 70.0 Å². The molecule has 1 fully saturated rings. The maximum atomic E-state index is 12.8. The van der Waals surface area contributed by atoms with Gasteiger partial charge in [0.2, 0.25) is 5.91 Å². The highest BCUT2D eigenvalue weighted by Crippen LogP contribution is 2.31. The molecule has 35 heavy (non-hydrogen) atoms. The molecule has 2 N–H and O–H groups in total. The molecule has 1 aliphatic heterocycles. The van der Waals surface area contributed by atoms with Crippen molar-refractivity contribution in [1.82, 2.24) is 4.31 Å². The van der Waals surface area contributed by atoms with Gasteiger partial charge in [-0.3, -0.25) is 9.52 Å². The van der Waals surface area contributed by atoms with E-state index in [9.17, 15) is 21.6 Å². The Kier molecular flexibility index (Phi) is 7.74. The Morgan fingerprint density at radius 3 is 2.43 bits per heavy atom. The molecule has 1 atom stereocenters. The normalized spacial score (nSPS) is 17.1.